The predicted molar refractivity (Wildman–Crippen MR) is 76.3 cm³/mol. The van der Waals surface area contributed by atoms with Crippen LogP contribution in [0.3, 0.4) is 0 Å². The molecule has 1 aliphatic heterocycles. The van der Waals surface area contributed by atoms with Crippen molar-refractivity contribution in [1.82, 2.24) is 4.90 Å². The second kappa shape index (κ2) is 6.08. The minimum absolute atomic E-state index is 0.0243. The fourth-order valence-corrected chi connectivity index (χ4v) is 2.62. The molecule has 1 atom stereocenters. The summed E-state index contributed by atoms with van der Waals surface area (Å²) in [5, 5.41) is 12.6. The molecular weight excluding hydrogens is 283 g/mol. The van der Waals surface area contributed by atoms with Crippen LogP contribution in [0, 0.1) is 5.82 Å². The van der Waals surface area contributed by atoms with Crippen LogP contribution in [-0.4, -0.2) is 41.1 Å². The smallest absolute Gasteiger partial charge is 0.238 e. The van der Waals surface area contributed by atoms with E-state index in [4.69, 9.17) is 11.6 Å². The van der Waals surface area contributed by atoms with Crippen LogP contribution >= 0.6 is 11.6 Å². The Balaban J connectivity index is 1.90. The van der Waals surface area contributed by atoms with E-state index in [1.54, 1.807) is 6.92 Å². The zero-order chi connectivity index (χ0) is 14.8. The molecule has 2 rings (SSSR count). The minimum Gasteiger partial charge on any atom is -0.389 e. The number of aliphatic hydroxyl groups is 1. The predicted octanol–water partition coefficient (Wildman–Crippen LogP) is 2.26. The Morgan fingerprint density at radius 1 is 1.60 bits per heavy atom. The molecule has 2 N–H and O–H groups in total. The highest BCUT2D eigenvalue weighted by Crippen LogP contribution is 2.21. The summed E-state index contributed by atoms with van der Waals surface area (Å²) in [7, 11) is 0. The van der Waals surface area contributed by atoms with E-state index in [-0.39, 0.29) is 17.5 Å². The van der Waals surface area contributed by atoms with Gasteiger partial charge < -0.3 is 10.4 Å². The summed E-state index contributed by atoms with van der Waals surface area (Å²) in [5.41, 5.74) is -0.275. The molecule has 1 fully saturated rings. The van der Waals surface area contributed by atoms with Gasteiger partial charge in [0.25, 0.3) is 0 Å². The highest BCUT2D eigenvalue weighted by Gasteiger charge is 2.29. The molecule has 1 saturated heterocycles. The van der Waals surface area contributed by atoms with Crippen LogP contribution in [0.5, 0.6) is 0 Å². The maximum Gasteiger partial charge on any atom is 0.238 e. The third-order valence-electron chi connectivity index (χ3n) is 3.32. The number of anilines is 1. The molecule has 0 aliphatic carbocycles. The maximum absolute atomic E-state index is 13.0. The average molecular weight is 301 g/mol. The maximum atomic E-state index is 13.0. The third kappa shape index (κ3) is 4.16. The zero-order valence-corrected chi connectivity index (χ0v) is 12.1. The second-order valence-electron chi connectivity index (χ2n) is 5.49. The number of carbonyl (C=O) groups is 1. The monoisotopic (exact) mass is 300 g/mol. The van der Waals surface area contributed by atoms with Crippen molar-refractivity contribution < 1.29 is 14.3 Å². The van der Waals surface area contributed by atoms with Crippen LogP contribution in [-0.2, 0) is 4.79 Å². The van der Waals surface area contributed by atoms with Gasteiger partial charge >= 0.3 is 0 Å². The van der Waals surface area contributed by atoms with Crippen molar-refractivity contribution in [1.29, 1.82) is 0 Å². The molecule has 4 nitrogen and oxygen atoms in total. The van der Waals surface area contributed by atoms with Crippen LogP contribution in [0.25, 0.3) is 0 Å². The van der Waals surface area contributed by atoms with Gasteiger partial charge in [0.1, 0.15) is 5.82 Å². The summed E-state index contributed by atoms with van der Waals surface area (Å²) in [4.78, 5) is 13.8. The number of benzene rings is 1. The largest absolute Gasteiger partial charge is 0.389 e. The average Bonchev–Trinajstić information content (AvgIpc) is 2.32. The molecule has 1 unspecified atom stereocenters. The lowest BCUT2D eigenvalue weighted by Gasteiger charge is -2.36. The second-order valence-corrected chi connectivity index (χ2v) is 5.90. The van der Waals surface area contributed by atoms with Gasteiger partial charge in [-0.15, -0.1) is 0 Å². The van der Waals surface area contributed by atoms with Crippen molar-refractivity contribution in [3.8, 4) is 0 Å². The SMILES string of the molecule is CC1(O)CCCN(CC(=O)Nc2ccc(F)c(Cl)c2)C1. The van der Waals surface area contributed by atoms with Gasteiger partial charge in [-0.25, -0.2) is 4.39 Å². The molecule has 0 aromatic heterocycles. The zero-order valence-electron chi connectivity index (χ0n) is 11.3. The Morgan fingerprint density at radius 2 is 2.35 bits per heavy atom. The van der Waals surface area contributed by atoms with Crippen LogP contribution in [0.2, 0.25) is 5.02 Å². The number of halogens is 2. The van der Waals surface area contributed by atoms with E-state index in [1.165, 1.54) is 18.2 Å². The summed E-state index contributed by atoms with van der Waals surface area (Å²) in [6, 6.07) is 4.05. The molecule has 1 aromatic rings. The Hall–Kier alpha value is -1.17. The number of β-amino-alcohol motifs (C(OH)–C–C–N with tert-alkyl or cyclic N) is 1. The summed E-state index contributed by atoms with van der Waals surface area (Å²) < 4.78 is 13.0. The highest BCUT2D eigenvalue weighted by molar-refractivity contribution is 6.31. The first-order chi connectivity index (χ1) is 9.35. The molecule has 1 aliphatic rings. The van der Waals surface area contributed by atoms with E-state index < -0.39 is 11.4 Å². The fourth-order valence-electron chi connectivity index (χ4n) is 2.44. The molecule has 1 aromatic carbocycles. The van der Waals surface area contributed by atoms with E-state index in [1.807, 2.05) is 4.90 Å². The number of amides is 1. The lowest BCUT2D eigenvalue weighted by Crippen LogP contribution is -2.48. The van der Waals surface area contributed by atoms with Gasteiger partial charge in [-0.3, -0.25) is 9.69 Å². The van der Waals surface area contributed by atoms with Crippen molar-refractivity contribution in [2.24, 2.45) is 0 Å². The molecule has 20 heavy (non-hydrogen) atoms. The highest BCUT2D eigenvalue weighted by atomic mass is 35.5. The summed E-state index contributed by atoms with van der Waals surface area (Å²) in [6.07, 6.45) is 1.61. The Kier molecular flexibility index (Phi) is 4.62. The number of rotatable bonds is 3. The third-order valence-corrected chi connectivity index (χ3v) is 3.61. The quantitative estimate of drug-likeness (QED) is 0.900. The van der Waals surface area contributed by atoms with E-state index in [0.717, 1.165) is 19.4 Å². The van der Waals surface area contributed by atoms with Crippen LogP contribution in [0.4, 0.5) is 10.1 Å². The van der Waals surface area contributed by atoms with Gasteiger partial charge in [-0.05, 0) is 44.5 Å². The molecular formula is C14H18ClFN2O2. The number of hydrogen-bond acceptors (Lipinski definition) is 3. The molecule has 0 radical (unpaired) electrons. The molecule has 0 saturated carbocycles. The summed E-state index contributed by atoms with van der Waals surface area (Å²) >= 11 is 5.66. The van der Waals surface area contributed by atoms with Gasteiger partial charge in [-0.2, -0.15) is 0 Å². The molecule has 1 amide bonds. The first kappa shape index (κ1) is 15.2. The normalized spacial score (nSPS) is 23.6. The van der Waals surface area contributed by atoms with Crippen molar-refractivity contribution in [2.45, 2.75) is 25.4 Å². The number of nitrogens with one attached hydrogen (secondary N) is 1. The van der Waals surface area contributed by atoms with Gasteiger partial charge in [0.2, 0.25) is 5.91 Å². The molecule has 0 spiro atoms. The van der Waals surface area contributed by atoms with Gasteiger partial charge in [0.15, 0.2) is 0 Å². The van der Waals surface area contributed by atoms with Crippen LogP contribution in [0.15, 0.2) is 18.2 Å². The molecule has 0 bridgehead atoms. The van der Waals surface area contributed by atoms with Gasteiger partial charge in [-0.1, -0.05) is 11.6 Å². The standard InChI is InChI=1S/C14H18ClFN2O2/c1-14(20)5-2-6-18(9-14)8-13(19)17-10-3-4-12(16)11(15)7-10/h3-4,7,20H,2,5-6,8-9H2,1H3,(H,17,19). The first-order valence-electron chi connectivity index (χ1n) is 6.55. The van der Waals surface area contributed by atoms with E-state index in [9.17, 15) is 14.3 Å². The first-order valence-corrected chi connectivity index (χ1v) is 6.93. The number of nitrogens with zero attached hydrogens (tertiary/aromatic N) is 1. The summed E-state index contributed by atoms with van der Waals surface area (Å²) in [6.45, 7) is 3.24. The number of likely N-dealkylation sites (tertiary alicyclic amines) is 1. The fraction of sp³-hybridized carbons (Fsp3) is 0.500. The van der Waals surface area contributed by atoms with Gasteiger partial charge in [0, 0.05) is 12.2 Å². The van der Waals surface area contributed by atoms with E-state index in [2.05, 4.69) is 5.32 Å². The van der Waals surface area contributed by atoms with Crippen molar-refractivity contribution in [3.05, 3.63) is 29.0 Å². The number of carbonyl (C=O) groups excluding carboxylic acids is 1. The lowest BCUT2D eigenvalue weighted by atomic mass is 9.95. The van der Waals surface area contributed by atoms with Gasteiger partial charge in [0.05, 0.1) is 17.2 Å². The molecule has 6 heteroatoms. The lowest BCUT2D eigenvalue weighted by molar-refractivity contribution is -0.118. The topological polar surface area (TPSA) is 52.6 Å². The van der Waals surface area contributed by atoms with Crippen molar-refractivity contribution in [3.63, 3.8) is 0 Å². The number of piperidine rings is 1. The van der Waals surface area contributed by atoms with E-state index >= 15 is 0 Å². The van der Waals surface area contributed by atoms with Crippen LogP contribution < -0.4 is 5.32 Å². The Bertz CT molecular complexity index is 508. The minimum atomic E-state index is -0.738. The Labute approximate surface area is 122 Å². The number of hydrogen-bond donors (Lipinski definition) is 2. The van der Waals surface area contributed by atoms with Crippen molar-refractivity contribution >= 4 is 23.2 Å². The molecule has 110 valence electrons. The van der Waals surface area contributed by atoms with Crippen molar-refractivity contribution in [2.75, 3.05) is 25.0 Å². The van der Waals surface area contributed by atoms with E-state index in [0.29, 0.717) is 12.2 Å². The molecule has 1 heterocycles. The Morgan fingerprint density at radius 3 is 3.00 bits per heavy atom. The summed E-state index contributed by atoms with van der Waals surface area (Å²) in [5.74, 6) is -0.720. The van der Waals surface area contributed by atoms with Crippen LogP contribution in [0.1, 0.15) is 19.8 Å².